The van der Waals surface area contributed by atoms with Crippen LogP contribution >= 0.6 is 11.6 Å². The highest BCUT2D eigenvalue weighted by molar-refractivity contribution is 6.30. The topological polar surface area (TPSA) is 39.1 Å². The number of nitrogens with zero attached hydrogens (tertiary/aromatic N) is 2. The molecule has 0 bridgehead atoms. The van der Waals surface area contributed by atoms with Gasteiger partial charge in [0.1, 0.15) is 5.15 Å². The van der Waals surface area contributed by atoms with Gasteiger partial charge in [-0.05, 0) is 38.6 Å². The number of hydrogen-bond acceptors (Lipinski definition) is 3. The average molecular weight is 314 g/mol. The van der Waals surface area contributed by atoms with Crippen molar-refractivity contribution >= 4 is 11.6 Å². The minimum absolute atomic E-state index is 0.143. The Hall–Kier alpha value is -0.580. The molecule has 4 nitrogen and oxygen atoms in total. The first kappa shape index (κ1) is 16.8. The second kappa shape index (κ2) is 7.12. The molecule has 0 amide bonds. The normalized spacial score (nSPS) is 23.0. The Morgan fingerprint density at radius 1 is 1.48 bits per heavy atom. The largest absolute Gasteiger partial charge is 0.381 e. The Morgan fingerprint density at radius 2 is 2.24 bits per heavy atom. The van der Waals surface area contributed by atoms with Crippen LogP contribution in [0.15, 0.2) is 0 Å². The number of ether oxygens (including phenoxy) is 1. The van der Waals surface area contributed by atoms with Crippen LogP contribution in [-0.4, -0.2) is 36.1 Å². The van der Waals surface area contributed by atoms with Crippen LogP contribution in [0.3, 0.4) is 0 Å². The minimum Gasteiger partial charge on any atom is -0.381 e. The SMILES string of the molecule is Cc1nn(C)c(Cl)c1CC1(CNCC(C)C)CCCOC1. The molecule has 1 aromatic rings. The maximum atomic E-state index is 6.42. The molecule has 0 aliphatic carbocycles. The van der Waals surface area contributed by atoms with Crippen LogP contribution < -0.4 is 5.32 Å². The zero-order valence-corrected chi connectivity index (χ0v) is 14.5. The van der Waals surface area contributed by atoms with Gasteiger partial charge in [0.05, 0.1) is 12.3 Å². The number of hydrogen-bond donors (Lipinski definition) is 1. The summed E-state index contributed by atoms with van der Waals surface area (Å²) >= 11 is 6.42. The summed E-state index contributed by atoms with van der Waals surface area (Å²) in [5.41, 5.74) is 2.36. The van der Waals surface area contributed by atoms with Crippen LogP contribution in [0.1, 0.15) is 37.9 Å². The van der Waals surface area contributed by atoms with Crippen LogP contribution in [0.5, 0.6) is 0 Å². The first-order chi connectivity index (χ1) is 9.93. The van der Waals surface area contributed by atoms with Crippen molar-refractivity contribution in [1.29, 1.82) is 0 Å². The highest BCUT2D eigenvalue weighted by Gasteiger charge is 2.34. The monoisotopic (exact) mass is 313 g/mol. The molecule has 1 atom stereocenters. The van der Waals surface area contributed by atoms with E-state index in [1.54, 1.807) is 4.68 Å². The van der Waals surface area contributed by atoms with Crippen LogP contribution in [0.25, 0.3) is 0 Å². The van der Waals surface area contributed by atoms with Crippen molar-refractivity contribution < 1.29 is 4.74 Å². The van der Waals surface area contributed by atoms with E-state index in [4.69, 9.17) is 16.3 Å². The molecule has 1 aliphatic heterocycles. The Labute approximate surface area is 133 Å². The van der Waals surface area contributed by atoms with E-state index >= 15 is 0 Å². The van der Waals surface area contributed by atoms with E-state index in [1.165, 1.54) is 12.0 Å². The van der Waals surface area contributed by atoms with E-state index in [9.17, 15) is 0 Å². The molecule has 1 fully saturated rings. The molecule has 0 radical (unpaired) electrons. The summed E-state index contributed by atoms with van der Waals surface area (Å²) in [5.74, 6) is 0.662. The average Bonchev–Trinajstić information content (AvgIpc) is 2.66. The van der Waals surface area contributed by atoms with E-state index in [0.717, 1.165) is 50.0 Å². The third-order valence-electron chi connectivity index (χ3n) is 4.28. The molecule has 1 saturated heterocycles. The molecule has 0 aromatic carbocycles. The van der Waals surface area contributed by atoms with E-state index in [-0.39, 0.29) is 5.41 Å². The lowest BCUT2D eigenvalue weighted by Crippen LogP contribution is -2.43. The van der Waals surface area contributed by atoms with Crippen molar-refractivity contribution in [3.8, 4) is 0 Å². The Kier molecular flexibility index (Phi) is 5.69. The lowest BCUT2D eigenvalue weighted by Gasteiger charge is -2.37. The highest BCUT2D eigenvalue weighted by Crippen LogP contribution is 2.35. The van der Waals surface area contributed by atoms with Gasteiger partial charge in [-0.2, -0.15) is 5.10 Å². The molecule has 0 saturated carbocycles. The van der Waals surface area contributed by atoms with Crippen LogP contribution in [0, 0.1) is 18.3 Å². The molecular formula is C16H28ClN3O. The van der Waals surface area contributed by atoms with Gasteiger partial charge in [0, 0.05) is 31.2 Å². The van der Waals surface area contributed by atoms with Gasteiger partial charge >= 0.3 is 0 Å². The number of nitrogens with one attached hydrogen (secondary N) is 1. The molecule has 1 aliphatic rings. The zero-order valence-electron chi connectivity index (χ0n) is 13.7. The molecule has 0 spiro atoms. The third-order valence-corrected chi connectivity index (χ3v) is 4.75. The summed E-state index contributed by atoms with van der Waals surface area (Å²) in [7, 11) is 1.90. The van der Waals surface area contributed by atoms with Crippen molar-refractivity contribution in [3.63, 3.8) is 0 Å². The Bertz CT molecular complexity index is 464. The summed E-state index contributed by atoms with van der Waals surface area (Å²) in [6.45, 7) is 10.2. The van der Waals surface area contributed by atoms with Crippen molar-refractivity contribution in [1.82, 2.24) is 15.1 Å². The fourth-order valence-electron chi connectivity index (χ4n) is 3.13. The first-order valence-corrected chi connectivity index (χ1v) is 8.28. The molecule has 5 heteroatoms. The quantitative estimate of drug-likeness (QED) is 0.877. The second-order valence-electron chi connectivity index (χ2n) is 6.84. The summed E-state index contributed by atoms with van der Waals surface area (Å²) in [6, 6.07) is 0. The standard InChI is InChI=1S/C16H28ClN3O/c1-12(2)9-18-10-16(6-5-7-21-11-16)8-14-13(3)19-20(4)15(14)17/h12,18H,5-11H2,1-4H3. The van der Waals surface area contributed by atoms with E-state index in [1.807, 2.05) is 14.0 Å². The number of halogens is 1. The molecule has 1 N–H and O–H groups in total. The zero-order chi connectivity index (χ0) is 15.5. The summed E-state index contributed by atoms with van der Waals surface area (Å²) < 4.78 is 7.56. The van der Waals surface area contributed by atoms with Gasteiger partial charge in [0.15, 0.2) is 0 Å². The number of aromatic nitrogens is 2. The molecule has 1 aromatic heterocycles. The highest BCUT2D eigenvalue weighted by atomic mass is 35.5. The predicted molar refractivity (Wildman–Crippen MR) is 86.9 cm³/mol. The number of aryl methyl sites for hydroxylation is 2. The van der Waals surface area contributed by atoms with E-state index < -0.39 is 0 Å². The predicted octanol–water partition coefficient (Wildman–Crippen LogP) is 2.97. The molecule has 2 rings (SSSR count). The smallest absolute Gasteiger partial charge is 0.130 e. The third kappa shape index (κ3) is 4.21. The van der Waals surface area contributed by atoms with Gasteiger partial charge in [-0.1, -0.05) is 25.4 Å². The summed E-state index contributed by atoms with van der Waals surface area (Å²) in [6.07, 6.45) is 3.25. The van der Waals surface area contributed by atoms with Gasteiger partial charge in [0.2, 0.25) is 0 Å². The number of rotatable bonds is 6. The molecule has 1 unspecified atom stereocenters. The molecule has 2 heterocycles. The van der Waals surface area contributed by atoms with E-state index in [0.29, 0.717) is 5.92 Å². The molecular weight excluding hydrogens is 286 g/mol. The maximum absolute atomic E-state index is 6.42. The van der Waals surface area contributed by atoms with Gasteiger partial charge in [-0.3, -0.25) is 4.68 Å². The Morgan fingerprint density at radius 3 is 2.76 bits per heavy atom. The second-order valence-corrected chi connectivity index (χ2v) is 7.19. The van der Waals surface area contributed by atoms with Gasteiger partial charge in [-0.15, -0.1) is 0 Å². The maximum Gasteiger partial charge on any atom is 0.130 e. The van der Waals surface area contributed by atoms with Crippen molar-refractivity contribution in [3.05, 3.63) is 16.4 Å². The Balaban J connectivity index is 2.12. The van der Waals surface area contributed by atoms with Crippen LogP contribution in [0.2, 0.25) is 5.15 Å². The van der Waals surface area contributed by atoms with Crippen molar-refractivity contribution in [2.75, 3.05) is 26.3 Å². The lowest BCUT2D eigenvalue weighted by molar-refractivity contribution is -0.00745. The van der Waals surface area contributed by atoms with Crippen molar-refractivity contribution in [2.24, 2.45) is 18.4 Å². The van der Waals surface area contributed by atoms with Gasteiger partial charge in [-0.25, -0.2) is 0 Å². The molecule has 120 valence electrons. The summed E-state index contributed by atoms with van der Waals surface area (Å²) in [4.78, 5) is 0. The fraction of sp³-hybridized carbons (Fsp3) is 0.812. The minimum atomic E-state index is 0.143. The van der Waals surface area contributed by atoms with E-state index in [2.05, 4.69) is 24.3 Å². The van der Waals surface area contributed by atoms with Crippen molar-refractivity contribution in [2.45, 2.75) is 40.0 Å². The lowest BCUT2D eigenvalue weighted by atomic mass is 9.77. The fourth-order valence-corrected chi connectivity index (χ4v) is 3.37. The van der Waals surface area contributed by atoms with Gasteiger partial charge < -0.3 is 10.1 Å². The van der Waals surface area contributed by atoms with Crippen LogP contribution in [0.4, 0.5) is 0 Å². The first-order valence-electron chi connectivity index (χ1n) is 7.90. The van der Waals surface area contributed by atoms with Crippen LogP contribution in [-0.2, 0) is 18.2 Å². The molecule has 21 heavy (non-hydrogen) atoms. The van der Waals surface area contributed by atoms with Gasteiger partial charge in [0.25, 0.3) is 0 Å². The summed E-state index contributed by atoms with van der Waals surface area (Å²) in [5, 5.41) is 8.82.